The predicted molar refractivity (Wildman–Crippen MR) is 117 cm³/mol. The van der Waals surface area contributed by atoms with Crippen molar-refractivity contribution in [3.05, 3.63) is 90.6 Å². The lowest BCUT2D eigenvalue weighted by molar-refractivity contribution is -0.116. The zero-order chi connectivity index (χ0) is 21.4. The molecule has 10 heteroatoms. The maximum atomic E-state index is 13.5. The van der Waals surface area contributed by atoms with Crippen LogP contribution in [0.25, 0.3) is 15.9 Å². The fraction of sp³-hybridized carbons (Fsp3) is 0.0500. The van der Waals surface area contributed by atoms with Crippen LogP contribution in [0.3, 0.4) is 0 Å². The van der Waals surface area contributed by atoms with Crippen LogP contribution < -0.4 is 16.6 Å². The number of hydrogen-bond acceptors (Lipinski definition) is 4. The molecule has 0 radical (unpaired) electrons. The third-order valence-corrected chi connectivity index (χ3v) is 5.82. The molecule has 2 heterocycles. The van der Waals surface area contributed by atoms with Crippen LogP contribution in [0.1, 0.15) is 0 Å². The van der Waals surface area contributed by atoms with Crippen LogP contribution in [0.4, 0.5) is 10.1 Å². The summed E-state index contributed by atoms with van der Waals surface area (Å²) in [6.07, 6.45) is 0. The Morgan fingerprint density at radius 3 is 2.53 bits per heavy atom. The summed E-state index contributed by atoms with van der Waals surface area (Å²) in [6, 6.07) is 11.4. The van der Waals surface area contributed by atoms with Crippen LogP contribution in [0.15, 0.2) is 63.5 Å². The lowest BCUT2D eigenvalue weighted by Gasteiger charge is -2.13. The molecule has 0 saturated heterocycles. The molecule has 0 saturated carbocycles. The first-order valence-electron chi connectivity index (χ1n) is 8.59. The topological polar surface area (TPSA) is 73.1 Å². The van der Waals surface area contributed by atoms with Crippen LogP contribution in [-0.2, 0) is 11.3 Å². The Hall–Kier alpha value is -2.94. The van der Waals surface area contributed by atoms with Gasteiger partial charge in [0.25, 0.3) is 5.56 Å². The summed E-state index contributed by atoms with van der Waals surface area (Å²) < 4.78 is 15.9. The standard InChI is InChI=1S/C20H12Cl2FN3O3S/c21-11-1-4-13(5-2-11)26-19(28)18-16(7-8-30-18)25(20(26)29)10-17(27)24-15-9-12(23)3-6-14(15)22/h1-9H,10H2,(H,24,27). The second kappa shape index (κ2) is 8.06. The van der Waals surface area contributed by atoms with Crippen molar-refractivity contribution in [3.8, 4) is 5.69 Å². The van der Waals surface area contributed by atoms with Crippen molar-refractivity contribution in [3.63, 3.8) is 0 Å². The van der Waals surface area contributed by atoms with E-state index in [0.29, 0.717) is 20.9 Å². The number of hydrogen-bond donors (Lipinski definition) is 1. The average Bonchev–Trinajstić information content (AvgIpc) is 3.20. The Balaban J connectivity index is 1.79. The van der Waals surface area contributed by atoms with Gasteiger partial charge in [-0.3, -0.25) is 14.2 Å². The van der Waals surface area contributed by atoms with Crippen LogP contribution in [0.2, 0.25) is 10.0 Å². The number of carbonyl (C=O) groups is 1. The van der Waals surface area contributed by atoms with Gasteiger partial charge in [0.1, 0.15) is 17.1 Å². The number of rotatable bonds is 4. The number of anilines is 1. The van der Waals surface area contributed by atoms with Gasteiger partial charge in [-0.25, -0.2) is 13.8 Å². The van der Waals surface area contributed by atoms with Gasteiger partial charge in [-0.2, -0.15) is 0 Å². The van der Waals surface area contributed by atoms with E-state index in [2.05, 4.69) is 5.32 Å². The van der Waals surface area contributed by atoms with Crippen LogP contribution >= 0.6 is 34.5 Å². The first kappa shape index (κ1) is 20.3. The first-order chi connectivity index (χ1) is 14.3. The number of nitrogens with zero attached hydrogens (tertiary/aromatic N) is 2. The third-order valence-electron chi connectivity index (χ3n) is 4.34. The van der Waals surface area contributed by atoms with Gasteiger partial charge < -0.3 is 5.32 Å². The van der Waals surface area contributed by atoms with Crippen LogP contribution in [-0.4, -0.2) is 15.0 Å². The Labute approximate surface area is 182 Å². The minimum atomic E-state index is -0.686. The van der Waals surface area contributed by atoms with E-state index in [4.69, 9.17) is 23.2 Å². The van der Waals surface area contributed by atoms with Gasteiger partial charge in [0.2, 0.25) is 5.91 Å². The van der Waals surface area contributed by atoms with Gasteiger partial charge in [-0.15, -0.1) is 11.3 Å². The Bertz CT molecular complexity index is 1390. The number of nitrogens with one attached hydrogen (secondary N) is 1. The van der Waals surface area contributed by atoms with Crippen molar-refractivity contribution < 1.29 is 9.18 Å². The monoisotopic (exact) mass is 463 g/mol. The third kappa shape index (κ3) is 3.77. The lowest BCUT2D eigenvalue weighted by atomic mass is 10.3. The van der Waals surface area contributed by atoms with Gasteiger partial charge in [-0.05, 0) is 53.9 Å². The van der Waals surface area contributed by atoms with E-state index < -0.39 is 29.5 Å². The smallest absolute Gasteiger partial charge is 0.323 e. The van der Waals surface area contributed by atoms with E-state index in [1.807, 2.05) is 0 Å². The number of thiophene rings is 1. The molecular formula is C20H12Cl2FN3O3S. The number of benzene rings is 2. The van der Waals surface area contributed by atoms with E-state index in [-0.39, 0.29) is 10.7 Å². The van der Waals surface area contributed by atoms with Crippen molar-refractivity contribution in [1.82, 2.24) is 9.13 Å². The van der Waals surface area contributed by atoms with E-state index in [1.54, 1.807) is 35.7 Å². The Morgan fingerprint density at radius 1 is 1.07 bits per heavy atom. The van der Waals surface area contributed by atoms with Gasteiger partial charge in [-0.1, -0.05) is 23.2 Å². The molecule has 6 nitrogen and oxygen atoms in total. The molecule has 0 aliphatic carbocycles. The fourth-order valence-electron chi connectivity index (χ4n) is 2.98. The zero-order valence-corrected chi connectivity index (χ0v) is 17.4. The molecule has 1 amide bonds. The van der Waals surface area contributed by atoms with E-state index in [1.165, 1.54) is 16.7 Å². The van der Waals surface area contributed by atoms with Crippen molar-refractivity contribution in [2.24, 2.45) is 0 Å². The number of amides is 1. The summed E-state index contributed by atoms with van der Waals surface area (Å²) in [5.74, 6) is -1.17. The van der Waals surface area contributed by atoms with Crippen molar-refractivity contribution >= 4 is 56.3 Å². The van der Waals surface area contributed by atoms with Crippen LogP contribution in [0.5, 0.6) is 0 Å². The average molecular weight is 464 g/mol. The van der Waals surface area contributed by atoms with Crippen LogP contribution in [0, 0.1) is 5.82 Å². The molecule has 0 bridgehead atoms. The highest BCUT2D eigenvalue weighted by molar-refractivity contribution is 7.17. The highest BCUT2D eigenvalue weighted by Gasteiger charge is 2.18. The minimum absolute atomic E-state index is 0.0855. The molecule has 0 spiro atoms. The predicted octanol–water partition coefficient (Wildman–Crippen LogP) is 4.30. The second-order valence-electron chi connectivity index (χ2n) is 6.29. The summed E-state index contributed by atoms with van der Waals surface area (Å²) in [5.41, 5.74) is -0.430. The number of aromatic nitrogens is 2. The molecule has 0 aliphatic heterocycles. The lowest BCUT2D eigenvalue weighted by Crippen LogP contribution is -2.40. The SMILES string of the molecule is O=C(Cn1c(=O)n(-c2ccc(Cl)cc2)c(=O)c2sccc21)Nc1cc(F)ccc1Cl. The maximum Gasteiger partial charge on any atom is 0.336 e. The summed E-state index contributed by atoms with van der Waals surface area (Å²) >= 11 is 13.0. The molecule has 4 aromatic rings. The van der Waals surface area contributed by atoms with Gasteiger partial charge in [0, 0.05) is 5.02 Å². The molecule has 30 heavy (non-hydrogen) atoms. The van der Waals surface area contributed by atoms with Crippen molar-refractivity contribution in [2.75, 3.05) is 5.32 Å². The number of halogens is 3. The zero-order valence-electron chi connectivity index (χ0n) is 15.1. The first-order valence-corrected chi connectivity index (χ1v) is 10.2. The number of fused-ring (bicyclic) bond motifs is 1. The Kier molecular flexibility index (Phi) is 5.46. The molecule has 2 aromatic heterocycles. The molecule has 152 valence electrons. The summed E-state index contributed by atoms with van der Waals surface area (Å²) in [5, 5.41) is 4.77. The van der Waals surface area contributed by atoms with Gasteiger partial charge in [0.15, 0.2) is 0 Å². The Morgan fingerprint density at radius 2 is 1.80 bits per heavy atom. The van der Waals surface area contributed by atoms with Crippen molar-refractivity contribution in [2.45, 2.75) is 6.54 Å². The van der Waals surface area contributed by atoms with E-state index >= 15 is 0 Å². The quantitative estimate of drug-likeness (QED) is 0.490. The summed E-state index contributed by atoms with van der Waals surface area (Å²) in [6.45, 7) is -0.396. The molecule has 0 atom stereocenters. The van der Waals surface area contributed by atoms with Crippen molar-refractivity contribution in [1.29, 1.82) is 0 Å². The largest absolute Gasteiger partial charge is 0.336 e. The fourth-order valence-corrected chi connectivity index (χ4v) is 4.10. The maximum absolute atomic E-state index is 13.5. The molecule has 2 aromatic carbocycles. The summed E-state index contributed by atoms with van der Waals surface area (Å²) in [4.78, 5) is 38.6. The van der Waals surface area contributed by atoms with Gasteiger partial charge in [0.05, 0.1) is 21.9 Å². The molecule has 0 unspecified atom stereocenters. The molecular weight excluding hydrogens is 452 g/mol. The molecule has 4 rings (SSSR count). The molecule has 0 aliphatic rings. The minimum Gasteiger partial charge on any atom is -0.323 e. The van der Waals surface area contributed by atoms with Gasteiger partial charge >= 0.3 is 5.69 Å². The normalized spacial score (nSPS) is 11.0. The highest BCUT2D eigenvalue weighted by atomic mass is 35.5. The molecule has 0 fully saturated rings. The number of carbonyl (C=O) groups excluding carboxylic acids is 1. The van der Waals surface area contributed by atoms with E-state index in [0.717, 1.165) is 22.0 Å². The van der Waals surface area contributed by atoms with E-state index in [9.17, 15) is 18.8 Å². The molecule has 1 N–H and O–H groups in total. The second-order valence-corrected chi connectivity index (χ2v) is 8.05. The summed E-state index contributed by atoms with van der Waals surface area (Å²) in [7, 11) is 0. The highest BCUT2D eigenvalue weighted by Crippen LogP contribution is 2.23.